The molecule has 1 heterocycles. The van der Waals surface area contributed by atoms with E-state index in [2.05, 4.69) is 16.9 Å². The maximum absolute atomic E-state index is 14.5. The number of benzene rings is 1. The molecule has 2 aromatic rings. The number of alkyl halides is 1. The van der Waals surface area contributed by atoms with Crippen LogP contribution in [0.4, 0.5) is 8.78 Å². The molecule has 2 rings (SSSR count). The Hall–Kier alpha value is -1.84. The van der Waals surface area contributed by atoms with Crippen molar-refractivity contribution in [3.05, 3.63) is 47.5 Å². The Kier molecular flexibility index (Phi) is 9.37. The molecule has 0 aliphatic heterocycles. The average Bonchev–Trinajstić information content (AvgIpc) is 2.65. The van der Waals surface area contributed by atoms with E-state index >= 15 is 0 Å². The van der Waals surface area contributed by atoms with E-state index in [0.29, 0.717) is 17.8 Å². The van der Waals surface area contributed by atoms with Gasteiger partial charge in [-0.05, 0) is 62.3 Å². The molecule has 0 radical (unpaired) electrons. The number of nitrogens with zero attached hydrogens (tertiary/aromatic N) is 2. The monoisotopic (exact) mass is 374 g/mol. The first-order valence-corrected chi connectivity index (χ1v) is 10.3. The van der Waals surface area contributed by atoms with Crippen LogP contribution in [0.3, 0.4) is 0 Å². The number of hydrogen-bond donors (Lipinski definition) is 0. The topological polar surface area (TPSA) is 25.8 Å². The maximum Gasteiger partial charge on any atom is 0.162 e. The Morgan fingerprint density at radius 2 is 1.56 bits per heavy atom. The lowest BCUT2D eigenvalue weighted by Crippen LogP contribution is -1.98. The van der Waals surface area contributed by atoms with Gasteiger partial charge in [0.25, 0.3) is 0 Å². The first kappa shape index (κ1) is 21.5. The number of aromatic nitrogens is 2. The van der Waals surface area contributed by atoms with Crippen LogP contribution in [0.5, 0.6) is 0 Å². The molecule has 0 bridgehead atoms. The molecule has 0 saturated carbocycles. The van der Waals surface area contributed by atoms with Crippen molar-refractivity contribution in [2.45, 2.75) is 84.2 Å². The molecule has 0 saturated heterocycles. The van der Waals surface area contributed by atoms with Gasteiger partial charge in [-0.15, -0.1) is 0 Å². The van der Waals surface area contributed by atoms with E-state index in [1.54, 1.807) is 31.5 Å². The molecule has 0 N–H and O–H groups in total. The number of aryl methyl sites for hydroxylation is 2. The molecule has 0 spiro atoms. The summed E-state index contributed by atoms with van der Waals surface area (Å²) in [7, 11) is 0. The summed E-state index contributed by atoms with van der Waals surface area (Å²) >= 11 is 0. The molecular weight excluding hydrogens is 342 g/mol. The zero-order chi connectivity index (χ0) is 19.5. The highest BCUT2D eigenvalue weighted by Crippen LogP contribution is 2.21. The second-order valence-electron chi connectivity index (χ2n) is 7.42. The molecule has 0 aliphatic rings. The van der Waals surface area contributed by atoms with Gasteiger partial charge in [0, 0.05) is 12.4 Å². The molecule has 2 nitrogen and oxygen atoms in total. The number of unbranched alkanes of at least 4 members (excludes halogenated alkanes) is 5. The molecule has 4 heteroatoms. The van der Waals surface area contributed by atoms with Crippen LogP contribution in [-0.4, -0.2) is 16.1 Å². The average molecular weight is 375 g/mol. The Balaban J connectivity index is 1.87. The lowest BCUT2D eigenvalue weighted by atomic mass is 10.0. The van der Waals surface area contributed by atoms with Gasteiger partial charge in [-0.2, -0.15) is 0 Å². The lowest BCUT2D eigenvalue weighted by molar-refractivity contribution is 0.334. The number of halogens is 2. The Labute approximate surface area is 162 Å². The van der Waals surface area contributed by atoms with Gasteiger partial charge in [0.2, 0.25) is 0 Å². The SMILES string of the molecule is CCCCCCCCc1ccc(-c2ncc(CCCC(C)F)cn2)c(F)c1. The first-order chi connectivity index (χ1) is 13.1. The van der Waals surface area contributed by atoms with E-state index in [1.165, 1.54) is 32.1 Å². The zero-order valence-electron chi connectivity index (χ0n) is 16.7. The van der Waals surface area contributed by atoms with E-state index in [4.69, 9.17) is 0 Å². The van der Waals surface area contributed by atoms with Crippen LogP contribution in [0.25, 0.3) is 11.4 Å². The minimum Gasteiger partial charge on any atom is -0.248 e. The summed E-state index contributed by atoms with van der Waals surface area (Å²) in [6.07, 6.45) is 13.0. The predicted octanol–water partition coefficient (Wildman–Crippen LogP) is 6.87. The molecular formula is C23H32F2N2. The van der Waals surface area contributed by atoms with Crippen LogP contribution in [-0.2, 0) is 12.8 Å². The highest BCUT2D eigenvalue weighted by molar-refractivity contribution is 5.56. The molecule has 0 amide bonds. The Morgan fingerprint density at radius 3 is 2.22 bits per heavy atom. The summed E-state index contributed by atoms with van der Waals surface area (Å²) in [6.45, 7) is 3.78. The summed E-state index contributed by atoms with van der Waals surface area (Å²) in [5, 5.41) is 0. The standard InChI is InChI=1S/C23H32F2N2/c1-3-4-5-6-7-8-11-19-13-14-21(22(25)15-19)23-26-16-20(17-27-23)12-9-10-18(2)24/h13-18H,3-12H2,1-2H3. The largest absolute Gasteiger partial charge is 0.248 e. The van der Waals surface area contributed by atoms with Gasteiger partial charge in [-0.1, -0.05) is 45.1 Å². The van der Waals surface area contributed by atoms with Gasteiger partial charge in [-0.3, -0.25) is 0 Å². The highest BCUT2D eigenvalue weighted by atomic mass is 19.1. The van der Waals surface area contributed by atoms with Crippen molar-refractivity contribution in [2.75, 3.05) is 0 Å². The smallest absolute Gasteiger partial charge is 0.162 e. The van der Waals surface area contributed by atoms with Crippen LogP contribution in [0.15, 0.2) is 30.6 Å². The van der Waals surface area contributed by atoms with Crippen LogP contribution in [0.1, 0.15) is 76.3 Å². The molecule has 148 valence electrons. The van der Waals surface area contributed by atoms with Crippen LogP contribution in [0.2, 0.25) is 0 Å². The van der Waals surface area contributed by atoms with Gasteiger partial charge in [0.05, 0.1) is 11.7 Å². The second-order valence-corrected chi connectivity index (χ2v) is 7.42. The van der Waals surface area contributed by atoms with Gasteiger partial charge in [-0.25, -0.2) is 18.7 Å². The van der Waals surface area contributed by atoms with E-state index in [9.17, 15) is 8.78 Å². The molecule has 1 aromatic heterocycles. The van der Waals surface area contributed by atoms with Crippen molar-refractivity contribution < 1.29 is 8.78 Å². The van der Waals surface area contributed by atoms with Crippen molar-refractivity contribution in [1.82, 2.24) is 9.97 Å². The summed E-state index contributed by atoms with van der Waals surface area (Å²) < 4.78 is 27.3. The molecule has 0 fully saturated rings. The van der Waals surface area contributed by atoms with E-state index in [1.807, 2.05) is 6.07 Å². The normalized spacial score (nSPS) is 12.3. The quantitative estimate of drug-likeness (QED) is 0.379. The molecule has 1 aromatic carbocycles. The Bertz CT molecular complexity index is 669. The fraction of sp³-hybridized carbons (Fsp3) is 0.565. The summed E-state index contributed by atoms with van der Waals surface area (Å²) in [4.78, 5) is 8.59. The summed E-state index contributed by atoms with van der Waals surface area (Å²) in [5.41, 5.74) is 2.42. The minimum atomic E-state index is -0.783. The van der Waals surface area contributed by atoms with Crippen molar-refractivity contribution in [1.29, 1.82) is 0 Å². The van der Waals surface area contributed by atoms with Gasteiger partial charge in [0.15, 0.2) is 5.82 Å². The molecule has 1 unspecified atom stereocenters. The van der Waals surface area contributed by atoms with Crippen LogP contribution in [0, 0.1) is 5.82 Å². The number of hydrogen-bond acceptors (Lipinski definition) is 2. The van der Waals surface area contributed by atoms with Crippen molar-refractivity contribution in [3.8, 4) is 11.4 Å². The zero-order valence-corrected chi connectivity index (χ0v) is 16.7. The highest BCUT2D eigenvalue weighted by Gasteiger charge is 2.09. The fourth-order valence-corrected chi connectivity index (χ4v) is 3.22. The molecule has 1 atom stereocenters. The third kappa shape index (κ3) is 7.74. The first-order valence-electron chi connectivity index (χ1n) is 10.3. The van der Waals surface area contributed by atoms with Gasteiger partial charge in [0.1, 0.15) is 5.82 Å². The second kappa shape index (κ2) is 11.8. The van der Waals surface area contributed by atoms with E-state index in [0.717, 1.165) is 36.8 Å². The lowest BCUT2D eigenvalue weighted by Gasteiger charge is -2.07. The van der Waals surface area contributed by atoms with Crippen LogP contribution < -0.4 is 0 Å². The van der Waals surface area contributed by atoms with Crippen molar-refractivity contribution in [3.63, 3.8) is 0 Å². The van der Waals surface area contributed by atoms with Crippen molar-refractivity contribution >= 4 is 0 Å². The summed E-state index contributed by atoms with van der Waals surface area (Å²) in [6, 6.07) is 5.37. The third-order valence-electron chi connectivity index (χ3n) is 4.87. The van der Waals surface area contributed by atoms with E-state index < -0.39 is 6.17 Å². The van der Waals surface area contributed by atoms with Crippen molar-refractivity contribution in [2.24, 2.45) is 0 Å². The molecule has 27 heavy (non-hydrogen) atoms. The Morgan fingerprint density at radius 1 is 0.889 bits per heavy atom. The maximum atomic E-state index is 14.5. The van der Waals surface area contributed by atoms with Gasteiger partial charge < -0.3 is 0 Å². The molecule has 0 aliphatic carbocycles. The van der Waals surface area contributed by atoms with E-state index in [-0.39, 0.29) is 5.82 Å². The predicted molar refractivity (Wildman–Crippen MR) is 108 cm³/mol. The minimum absolute atomic E-state index is 0.266. The fourth-order valence-electron chi connectivity index (χ4n) is 3.22. The van der Waals surface area contributed by atoms with Gasteiger partial charge >= 0.3 is 0 Å². The van der Waals surface area contributed by atoms with Crippen LogP contribution >= 0.6 is 0 Å². The summed E-state index contributed by atoms with van der Waals surface area (Å²) in [5.74, 6) is 0.138. The number of rotatable bonds is 12. The third-order valence-corrected chi connectivity index (χ3v) is 4.87.